The number of rotatable bonds is 3. The van der Waals surface area contributed by atoms with E-state index < -0.39 is 29.3 Å². The van der Waals surface area contributed by atoms with Gasteiger partial charge >= 0.3 is 18.0 Å². The molecule has 1 aromatic carbocycles. The predicted molar refractivity (Wildman–Crippen MR) is 52.3 cm³/mol. The van der Waals surface area contributed by atoms with Crippen molar-refractivity contribution in [2.24, 2.45) is 0 Å². The maximum Gasteiger partial charge on any atom is 0.460 e. The summed E-state index contributed by atoms with van der Waals surface area (Å²) in [7, 11) is 1.04. The van der Waals surface area contributed by atoms with Gasteiger partial charge in [0.1, 0.15) is 5.75 Å². The first kappa shape index (κ1) is 15.4. The van der Waals surface area contributed by atoms with Crippen LogP contribution in [-0.2, 0) is 5.92 Å². The minimum atomic E-state index is -6.41. The topological polar surface area (TPSA) is 35.2 Å². The number of ether oxygens (including phenoxy) is 1. The molecule has 0 amide bonds. The van der Waals surface area contributed by atoms with E-state index in [1.807, 2.05) is 0 Å². The molecule has 9 heteroatoms. The summed E-state index contributed by atoms with van der Waals surface area (Å²) in [5.74, 6) is -12.1. The van der Waals surface area contributed by atoms with E-state index in [2.05, 4.69) is 4.74 Å². The summed E-state index contributed by atoms with van der Waals surface area (Å²) in [6, 6.07) is 2.16. The Morgan fingerprint density at radius 2 is 1.53 bits per heavy atom. The van der Waals surface area contributed by atoms with Crippen LogP contribution in [0.3, 0.4) is 0 Å². The van der Waals surface area contributed by atoms with Gasteiger partial charge in [0.15, 0.2) is 0 Å². The molecule has 0 saturated carbocycles. The van der Waals surface area contributed by atoms with E-state index in [0.717, 1.165) is 19.2 Å². The first-order valence-electron chi connectivity index (χ1n) is 4.71. The summed E-state index contributed by atoms with van der Waals surface area (Å²) < 4.78 is 93.0. The molecule has 0 spiro atoms. The fraction of sp³-hybridized carbons (Fsp3) is 0.400. The Bertz CT molecular complexity index is 469. The lowest BCUT2D eigenvalue weighted by Crippen LogP contribution is -2.50. The van der Waals surface area contributed by atoms with Crippen LogP contribution in [0.25, 0.3) is 0 Å². The Hall–Kier alpha value is -1.67. The highest BCUT2D eigenvalue weighted by atomic mass is 19.4. The van der Waals surface area contributed by atoms with Gasteiger partial charge in [0.05, 0.1) is 12.7 Å². The van der Waals surface area contributed by atoms with E-state index in [-0.39, 0.29) is 5.75 Å². The number of hydrogen-bond acceptors (Lipinski definition) is 2. The smallest absolute Gasteiger partial charge is 0.460 e. The largest absolute Gasteiger partial charge is 0.497 e. The maximum absolute atomic E-state index is 13.4. The number of nitrogen functional groups attached to an aromatic ring is 1. The van der Waals surface area contributed by atoms with Crippen LogP contribution in [0, 0.1) is 0 Å². The van der Waals surface area contributed by atoms with Crippen molar-refractivity contribution in [3.05, 3.63) is 23.8 Å². The lowest BCUT2D eigenvalue weighted by Gasteiger charge is -2.29. The number of alkyl halides is 7. The molecule has 0 unspecified atom stereocenters. The summed E-state index contributed by atoms with van der Waals surface area (Å²) in [6.07, 6.45) is -6.41. The van der Waals surface area contributed by atoms with E-state index in [1.54, 1.807) is 0 Å². The quantitative estimate of drug-likeness (QED) is 0.682. The Labute approximate surface area is 103 Å². The van der Waals surface area contributed by atoms with E-state index in [9.17, 15) is 30.7 Å². The van der Waals surface area contributed by atoms with Gasteiger partial charge in [-0.25, -0.2) is 0 Å². The molecule has 0 fully saturated rings. The normalized spacial score (nSPS) is 13.5. The first-order valence-corrected chi connectivity index (χ1v) is 4.71. The predicted octanol–water partition coefficient (Wildman–Crippen LogP) is 3.57. The van der Waals surface area contributed by atoms with Gasteiger partial charge in [0.2, 0.25) is 0 Å². The van der Waals surface area contributed by atoms with Crippen LogP contribution in [-0.4, -0.2) is 19.2 Å². The fourth-order valence-corrected chi connectivity index (χ4v) is 1.28. The second-order valence-corrected chi connectivity index (χ2v) is 3.60. The number of nitrogens with two attached hydrogens (primary N) is 1. The highest BCUT2D eigenvalue weighted by Crippen LogP contribution is 2.53. The van der Waals surface area contributed by atoms with Gasteiger partial charge in [-0.2, -0.15) is 30.7 Å². The zero-order chi connectivity index (χ0) is 15.1. The van der Waals surface area contributed by atoms with Crippen molar-refractivity contribution in [3.8, 4) is 5.75 Å². The molecule has 0 aliphatic carbocycles. The summed E-state index contributed by atoms with van der Waals surface area (Å²) in [5, 5.41) is 0. The summed E-state index contributed by atoms with van der Waals surface area (Å²) in [4.78, 5) is 0. The van der Waals surface area contributed by atoms with Gasteiger partial charge < -0.3 is 10.5 Å². The van der Waals surface area contributed by atoms with Gasteiger partial charge in [0, 0.05) is 5.69 Å². The van der Waals surface area contributed by atoms with E-state index >= 15 is 0 Å². The van der Waals surface area contributed by atoms with Crippen LogP contribution >= 0.6 is 0 Å². The summed E-state index contributed by atoms with van der Waals surface area (Å²) in [5.41, 5.74) is 2.50. The van der Waals surface area contributed by atoms with Gasteiger partial charge in [-0.3, -0.25) is 0 Å². The number of methoxy groups -OCH3 is 1. The van der Waals surface area contributed by atoms with E-state index in [0.29, 0.717) is 6.07 Å². The molecule has 0 atom stereocenters. The number of hydrogen-bond donors (Lipinski definition) is 1. The second kappa shape index (κ2) is 4.46. The lowest BCUT2D eigenvalue weighted by atomic mass is 9.99. The molecular weight excluding hydrogens is 283 g/mol. The van der Waals surface area contributed by atoms with Gasteiger partial charge in [0.25, 0.3) is 0 Å². The molecule has 1 rings (SSSR count). The Kier molecular flexibility index (Phi) is 3.61. The molecule has 0 aliphatic heterocycles. The lowest BCUT2D eigenvalue weighted by molar-refractivity contribution is -0.359. The maximum atomic E-state index is 13.4. The Morgan fingerprint density at radius 1 is 1.00 bits per heavy atom. The van der Waals surface area contributed by atoms with Crippen molar-refractivity contribution in [1.82, 2.24) is 0 Å². The molecule has 0 aromatic heterocycles. The van der Waals surface area contributed by atoms with E-state index in [4.69, 9.17) is 5.73 Å². The van der Waals surface area contributed by atoms with Crippen molar-refractivity contribution in [1.29, 1.82) is 0 Å². The van der Waals surface area contributed by atoms with Crippen molar-refractivity contribution >= 4 is 5.69 Å². The third-order valence-electron chi connectivity index (χ3n) is 2.35. The van der Waals surface area contributed by atoms with Gasteiger partial charge in [-0.05, 0) is 18.2 Å². The van der Waals surface area contributed by atoms with Crippen LogP contribution in [0.15, 0.2) is 18.2 Å². The summed E-state index contributed by atoms with van der Waals surface area (Å²) >= 11 is 0. The van der Waals surface area contributed by atoms with Gasteiger partial charge in [-0.1, -0.05) is 0 Å². The molecule has 19 heavy (non-hydrogen) atoms. The first-order chi connectivity index (χ1) is 8.45. The Morgan fingerprint density at radius 3 is 1.95 bits per heavy atom. The Balaban J connectivity index is 3.42. The molecule has 0 heterocycles. The van der Waals surface area contributed by atoms with E-state index in [1.165, 1.54) is 0 Å². The SMILES string of the molecule is COc1ccc(N)c(C(F)(F)C(F)(F)C(F)(F)F)c1. The van der Waals surface area contributed by atoms with Crippen LogP contribution in [0.1, 0.15) is 5.56 Å². The minimum absolute atomic E-state index is 0.318. The third kappa shape index (κ3) is 2.41. The average Bonchev–Trinajstić information content (AvgIpc) is 2.27. The minimum Gasteiger partial charge on any atom is -0.497 e. The van der Waals surface area contributed by atoms with Crippen LogP contribution in [0.5, 0.6) is 5.75 Å². The average molecular weight is 291 g/mol. The molecule has 0 bridgehead atoms. The monoisotopic (exact) mass is 291 g/mol. The number of halogens is 7. The van der Waals surface area contributed by atoms with Gasteiger partial charge in [-0.15, -0.1) is 0 Å². The van der Waals surface area contributed by atoms with Crippen LogP contribution in [0.2, 0.25) is 0 Å². The molecule has 108 valence electrons. The highest BCUT2D eigenvalue weighted by Gasteiger charge is 2.73. The standard InChI is InChI=1S/C10H8F7NO/c1-19-5-2-3-7(18)6(4-5)8(11,12)9(13,14)10(15,16)17/h2-4H,18H2,1H3. The molecule has 2 N–H and O–H groups in total. The molecule has 0 radical (unpaired) electrons. The highest BCUT2D eigenvalue weighted by molar-refractivity contribution is 5.53. The third-order valence-corrected chi connectivity index (χ3v) is 2.35. The summed E-state index contributed by atoms with van der Waals surface area (Å²) in [6.45, 7) is 0. The van der Waals surface area contributed by atoms with Crippen molar-refractivity contribution < 1.29 is 35.5 Å². The molecule has 0 aliphatic rings. The van der Waals surface area contributed by atoms with Crippen LogP contribution < -0.4 is 10.5 Å². The van der Waals surface area contributed by atoms with Crippen molar-refractivity contribution in [2.75, 3.05) is 12.8 Å². The van der Waals surface area contributed by atoms with Crippen LogP contribution in [0.4, 0.5) is 36.4 Å². The molecule has 1 aromatic rings. The molecular formula is C10H8F7NO. The van der Waals surface area contributed by atoms with Crippen molar-refractivity contribution in [2.45, 2.75) is 18.0 Å². The molecule has 2 nitrogen and oxygen atoms in total. The molecule has 0 saturated heterocycles. The zero-order valence-corrected chi connectivity index (χ0v) is 9.36. The fourth-order valence-electron chi connectivity index (χ4n) is 1.28. The van der Waals surface area contributed by atoms with Crippen molar-refractivity contribution in [3.63, 3.8) is 0 Å². The zero-order valence-electron chi connectivity index (χ0n) is 9.36. The second-order valence-electron chi connectivity index (χ2n) is 3.60. The number of anilines is 1. The number of benzene rings is 1.